The average Bonchev–Trinajstić information content (AvgIpc) is 3.24. The van der Waals surface area contributed by atoms with Crippen molar-refractivity contribution in [2.24, 2.45) is 0 Å². The quantitative estimate of drug-likeness (QED) is 0.510. The molecule has 1 aliphatic rings. The number of nitrogens with one attached hydrogen (secondary N) is 1. The summed E-state index contributed by atoms with van der Waals surface area (Å²) in [7, 11) is 0. The number of aromatic nitrogens is 1. The van der Waals surface area contributed by atoms with Gasteiger partial charge in [-0.3, -0.25) is 9.59 Å². The maximum atomic E-state index is 13.9. The van der Waals surface area contributed by atoms with Crippen LogP contribution in [0.5, 0.6) is 11.5 Å². The predicted octanol–water partition coefficient (Wildman–Crippen LogP) is 5.00. The second kappa shape index (κ2) is 9.39. The molecule has 0 saturated heterocycles. The SMILES string of the molecule is CCNC(=O)C1=Cc2c(c(=O)c(C)cn2-c2cc(C(C)(C)O)ccc2Oc2c(C)cc(F)cc2C)C1. The lowest BCUT2D eigenvalue weighted by atomic mass is 9.97. The van der Waals surface area contributed by atoms with Crippen molar-refractivity contribution in [1.29, 1.82) is 0 Å². The Bertz CT molecular complexity index is 1440. The molecular weight excluding hydrogens is 459 g/mol. The first kappa shape index (κ1) is 25.4. The Hall–Kier alpha value is -3.71. The summed E-state index contributed by atoms with van der Waals surface area (Å²) in [5.74, 6) is 0.441. The van der Waals surface area contributed by atoms with E-state index in [9.17, 15) is 19.1 Å². The number of hydrogen-bond acceptors (Lipinski definition) is 4. The Kier molecular flexibility index (Phi) is 6.62. The third-order valence-electron chi connectivity index (χ3n) is 6.39. The van der Waals surface area contributed by atoms with Crippen LogP contribution in [0.4, 0.5) is 4.39 Å². The van der Waals surface area contributed by atoms with Crippen LogP contribution < -0.4 is 15.5 Å². The monoisotopic (exact) mass is 490 g/mol. The normalized spacial score (nSPS) is 12.8. The van der Waals surface area contributed by atoms with E-state index in [4.69, 9.17) is 4.74 Å². The predicted molar refractivity (Wildman–Crippen MR) is 138 cm³/mol. The van der Waals surface area contributed by atoms with E-state index in [1.807, 2.05) is 17.6 Å². The van der Waals surface area contributed by atoms with E-state index in [0.29, 0.717) is 62.8 Å². The zero-order chi connectivity index (χ0) is 26.4. The highest BCUT2D eigenvalue weighted by atomic mass is 19.1. The van der Waals surface area contributed by atoms with Gasteiger partial charge in [-0.1, -0.05) is 6.07 Å². The van der Waals surface area contributed by atoms with Crippen molar-refractivity contribution in [1.82, 2.24) is 9.88 Å². The highest BCUT2D eigenvalue weighted by Crippen LogP contribution is 2.37. The molecule has 1 amide bonds. The van der Waals surface area contributed by atoms with Gasteiger partial charge in [0.05, 0.1) is 17.0 Å². The van der Waals surface area contributed by atoms with E-state index in [0.717, 1.165) is 0 Å². The number of likely N-dealkylation sites (N-methyl/N-ethyl adjacent to an activating group) is 1. The van der Waals surface area contributed by atoms with Gasteiger partial charge in [-0.05, 0) is 88.6 Å². The summed E-state index contributed by atoms with van der Waals surface area (Å²) in [5, 5.41) is 13.5. The maximum absolute atomic E-state index is 13.9. The highest BCUT2D eigenvalue weighted by molar-refractivity contribution is 6.00. The molecule has 2 N–H and O–H groups in total. The first-order valence-corrected chi connectivity index (χ1v) is 12.0. The van der Waals surface area contributed by atoms with Crippen LogP contribution in [-0.2, 0) is 16.8 Å². The summed E-state index contributed by atoms with van der Waals surface area (Å²) < 4.78 is 22.1. The molecule has 1 heterocycles. The molecule has 4 rings (SSSR count). The third kappa shape index (κ3) is 4.71. The highest BCUT2D eigenvalue weighted by Gasteiger charge is 2.27. The molecule has 0 unspecified atom stereocenters. The van der Waals surface area contributed by atoms with E-state index >= 15 is 0 Å². The summed E-state index contributed by atoms with van der Waals surface area (Å²) >= 11 is 0. The van der Waals surface area contributed by atoms with Crippen molar-refractivity contribution in [2.75, 3.05) is 6.54 Å². The zero-order valence-electron chi connectivity index (χ0n) is 21.5. The number of pyridine rings is 1. The molecule has 0 fully saturated rings. The summed E-state index contributed by atoms with van der Waals surface area (Å²) in [6.07, 6.45) is 3.69. The minimum Gasteiger partial charge on any atom is -0.455 e. The molecule has 3 aromatic rings. The molecule has 188 valence electrons. The van der Waals surface area contributed by atoms with Crippen LogP contribution in [0, 0.1) is 26.6 Å². The van der Waals surface area contributed by atoms with Gasteiger partial charge in [-0.2, -0.15) is 0 Å². The van der Waals surface area contributed by atoms with Gasteiger partial charge in [-0.25, -0.2) is 4.39 Å². The molecule has 2 aromatic carbocycles. The number of halogens is 1. The van der Waals surface area contributed by atoms with E-state index in [1.54, 1.807) is 59.0 Å². The van der Waals surface area contributed by atoms with Gasteiger partial charge in [0.25, 0.3) is 0 Å². The van der Waals surface area contributed by atoms with Gasteiger partial charge in [0, 0.05) is 35.9 Å². The number of nitrogens with zero attached hydrogens (tertiary/aromatic N) is 1. The Balaban J connectivity index is 1.96. The lowest BCUT2D eigenvalue weighted by Gasteiger charge is -2.23. The topological polar surface area (TPSA) is 80.6 Å². The summed E-state index contributed by atoms with van der Waals surface area (Å²) in [4.78, 5) is 25.6. The van der Waals surface area contributed by atoms with E-state index in [1.165, 1.54) is 12.1 Å². The second-order valence-electron chi connectivity index (χ2n) is 9.79. The lowest BCUT2D eigenvalue weighted by molar-refractivity contribution is -0.117. The van der Waals surface area contributed by atoms with Crippen LogP contribution >= 0.6 is 0 Å². The molecule has 0 atom stereocenters. The molecule has 0 radical (unpaired) electrons. The number of carbonyl (C=O) groups excluding carboxylic acids is 1. The number of rotatable bonds is 6. The number of ether oxygens (including phenoxy) is 1. The van der Waals surface area contributed by atoms with Crippen LogP contribution in [0.3, 0.4) is 0 Å². The van der Waals surface area contributed by atoms with Crippen molar-refractivity contribution in [2.45, 2.75) is 53.6 Å². The Labute approximate surface area is 210 Å². The second-order valence-corrected chi connectivity index (χ2v) is 9.79. The van der Waals surface area contributed by atoms with E-state index < -0.39 is 5.60 Å². The van der Waals surface area contributed by atoms with Crippen molar-refractivity contribution in [3.63, 3.8) is 0 Å². The third-order valence-corrected chi connectivity index (χ3v) is 6.39. The number of fused-ring (bicyclic) bond motifs is 1. The minimum absolute atomic E-state index is 0.108. The van der Waals surface area contributed by atoms with Gasteiger partial charge in [-0.15, -0.1) is 0 Å². The molecule has 1 aliphatic carbocycles. The molecule has 7 heteroatoms. The van der Waals surface area contributed by atoms with Crippen LogP contribution in [0.2, 0.25) is 0 Å². The lowest BCUT2D eigenvalue weighted by Crippen LogP contribution is -2.25. The fourth-order valence-corrected chi connectivity index (χ4v) is 4.52. The van der Waals surface area contributed by atoms with Crippen molar-refractivity contribution >= 4 is 12.0 Å². The van der Waals surface area contributed by atoms with Gasteiger partial charge in [0.15, 0.2) is 11.2 Å². The van der Waals surface area contributed by atoms with Gasteiger partial charge >= 0.3 is 0 Å². The smallest absolute Gasteiger partial charge is 0.247 e. The summed E-state index contributed by atoms with van der Waals surface area (Å²) in [6, 6.07) is 8.17. The number of amides is 1. The summed E-state index contributed by atoms with van der Waals surface area (Å²) in [6.45, 7) is 11.0. The van der Waals surface area contributed by atoms with Crippen molar-refractivity contribution in [3.8, 4) is 17.2 Å². The van der Waals surface area contributed by atoms with Crippen LogP contribution in [0.1, 0.15) is 54.3 Å². The fourth-order valence-electron chi connectivity index (χ4n) is 4.52. The Morgan fingerprint density at radius 2 is 1.81 bits per heavy atom. The zero-order valence-corrected chi connectivity index (χ0v) is 21.5. The number of aliphatic hydroxyl groups is 1. The standard InChI is InChI=1S/C29H31FN2O4/c1-7-31-28(34)19-12-22-23(13-19)32(15-18(4)26(22)33)24-14-20(29(5,6)35)8-9-25(24)36-27-16(2)10-21(30)11-17(27)3/h8-11,13-15,35H,7,12H2,1-6H3,(H,31,34). The Morgan fingerprint density at radius 1 is 1.14 bits per heavy atom. The molecule has 0 spiro atoms. The maximum Gasteiger partial charge on any atom is 0.247 e. The van der Waals surface area contributed by atoms with Gasteiger partial charge in [0.2, 0.25) is 5.91 Å². The number of carbonyl (C=O) groups is 1. The first-order valence-electron chi connectivity index (χ1n) is 12.0. The first-order chi connectivity index (χ1) is 16.9. The molecular formula is C29H31FN2O4. The molecule has 0 aliphatic heterocycles. The van der Waals surface area contributed by atoms with E-state index in [-0.39, 0.29) is 23.6 Å². The Morgan fingerprint density at radius 3 is 2.42 bits per heavy atom. The van der Waals surface area contributed by atoms with Crippen molar-refractivity contribution in [3.05, 3.63) is 91.7 Å². The molecule has 36 heavy (non-hydrogen) atoms. The molecule has 0 saturated carbocycles. The minimum atomic E-state index is -1.13. The van der Waals surface area contributed by atoms with Crippen LogP contribution in [0.15, 0.2) is 46.9 Å². The number of benzene rings is 2. The average molecular weight is 491 g/mol. The van der Waals surface area contributed by atoms with Crippen LogP contribution in [-0.4, -0.2) is 22.1 Å². The van der Waals surface area contributed by atoms with Gasteiger partial charge < -0.3 is 19.7 Å². The number of hydrogen-bond donors (Lipinski definition) is 2. The fraction of sp³-hybridized carbons (Fsp3) is 0.310. The molecule has 0 bridgehead atoms. The van der Waals surface area contributed by atoms with E-state index in [2.05, 4.69) is 5.32 Å². The number of aryl methyl sites for hydroxylation is 3. The molecule has 6 nitrogen and oxygen atoms in total. The van der Waals surface area contributed by atoms with Gasteiger partial charge in [0.1, 0.15) is 11.6 Å². The largest absolute Gasteiger partial charge is 0.455 e. The summed E-state index contributed by atoms with van der Waals surface area (Å²) in [5.41, 5.74) is 3.44. The van der Waals surface area contributed by atoms with Crippen LogP contribution in [0.25, 0.3) is 11.8 Å². The van der Waals surface area contributed by atoms with Crippen molar-refractivity contribution < 1.29 is 19.0 Å². The molecule has 1 aromatic heterocycles.